The fourth-order valence-electron chi connectivity index (χ4n) is 1.76. The maximum Gasteiger partial charge on any atom is 0.131 e. The molecule has 1 nitrogen and oxygen atoms in total. The molecule has 94 valence electrons. The fourth-order valence-corrected chi connectivity index (χ4v) is 2.28. The largest absolute Gasteiger partial charge is 0.324 e. The van der Waals surface area contributed by atoms with Crippen molar-refractivity contribution < 1.29 is 4.39 Å². The van der Waals surface area contributed by atoms with Crippen molar-refractivity contribution in [2.75, 3.05) is 0 Å². The molecule has 0 aliphatic heterocycles. The number of nitrogens with two attached hydrogens (primary N) is 1. The zero-order valence-electron chi connectivity index (χ0n) is 9.75. The van der Waals surface area contributed by atoms with Crippen LogP contribution in [-0.2, 0) is 0 Å². The van der Waals surface area contributed by atoms with Gasteiger partial charge in [0, 0.05) is 21.7 Å². The van der Waals surface area contributed by atoms with E-state index in [0.717, 1.165) is 5.56 Å². The molecule has 0 fully saturated rings. The first-order chi connectivity index (χ1) is 8.47. The Hall–Kier alpha value is -1.09. The second kappa shape index (κ2) is 5.27. The summed E-state index contributed by atoms with van der Waals surface area (Å²) >= 11 is 11.8. The van der Waals surface area contributed by atoms with Gasteiger partial charge < -0.3 is 5.73 Å². The Morgan fingerprint density at radius 3 is 2.22 bits per heavy atom. The molecule has 1 unspecified atom stereocenters. The second-order valence-electron chi connectivity index (χ2n) is 4.19. The summed E-state index contributed by atoms with van der Waals surface area (Å²) in [7, 11) is 0. The zero-order valence-corrected chi connectivity index (χ0v) is 11.3. The Bertz CT molecular complexity index is 562. The number of hydrogen-bond donors (Lipinski definition) is 1. The van der Waals surface area contributed by atoms with Gasteiger partial charge in [0.2, 0.25) is 0 Å². The van der Waals surface area contributed by atoms with Crippen molar-refractivity contribution in [3.63, 3.8) is 0 Å². The van der Waals surface area contributed by atoms with Gasteiger partial charge in [-0.3, -0.25) is 0 Å². The number of benzene rings is 2. The minimum absolute atomic E-state index is 0.154. The van der Waals surface area contributed by atoms with Gasteiger partial charge in [-0.05, 0) is 48.4 Å². The van der Waals surface area contributed by atoms with Crippen LogP contribution in [0, 0.1) is 5.82 Å². The average molecular weight is 284 g/mol. The van der Waals surface area contributed by atoms with Gasteiger partial charge in [0.15, 0.2) is 0 Å². The lowest BCUT2D eigenvalue weighted by Crippen LogP contribution is -2.05. The van der Waals surface area contributed by atoms with Crippen LogP contribution in [-0.4, -0.2) is 0 Å². The Balaban J connectivity index is 2.58. The molecule has 18 heavy (non-hydrogen) atoms. The number of hydrogen-bond acceptors (Lipinski definition) is 1. The highest BCUT2D eigenvalue weighted by Crippen LogP contribution is 2.30. The van der Waals surface area contributed by atoms with Crippen molar-refractivity contribution in [1.82, 2.24) is 0 Å². The molecule has 2 rings (SSSR count). The molecule has 0 bridgehead atoms. The van der Waals surface area contributed by atoms with Gasteiger partial charge in [0.25, 0.3) is 0 Å². The van der Waals surface area contributed by atoms with Gasteiger partial charge in [-0.25, -0.2) is 4.39 Å². The highest BCUT2D eigenvalue weighted by atomic mass is 35.5. The van der Waals surface area contributed by atoms with Crippen LogP contribution in [0.1, 0.15) is 18.5 Å². The summed E-state index contributed by atoms with van der Waals surface area (Å²) < 4.78 is 13.9. The topological polar surface area (TPSA) is 26.0 Å². The summed E-state index contributed by atoms with van der Waals surface area (Å²) in [5, 5.41) is 0.950. The molecule has 1 atom stereocenters. The molecule has 0 spiro atoms. The molecule has 2 N–H and O–H groups in total. The lowest BCUT2D eigenvalue weighted by atomic mass is 10.00. The van der Waals surface area contributed by atoms with Gasteiger partial charge in [-0.15, -0.1) is 0 Å². The number of halogens is 3. The van der Waals surface area contributed by atoms with Crippen molar-refractivity contribution in [2.45, 2.75) is 13.0 Å². The van der Waals surface area contributed by atoms with E-state index in [4.69, 9.17) is 28.9 Å². The van der Waals surface area contributed by atoms with Gasteiger partial charge >= 0.3 is 0 Å². The van der Waals surface area contributed by atoms with E-state index >= 15 is 0 Å². The van der Waals surface area contributed by atoms with Crippen LogP contribution in [0.15, 0.2) is 36.4 Å². The first kappa shape index (κ1) is 13.3. The fraction of sp³-hybridized carbons (Fsp3) is 0.143. The lowest BCUT2D eigenvalue weighted by molar-refractivity contribution is 0.629. The van der Waals surface area contributed by atoms with E-state index in [0.29, 0.717) is 21.2 Å². The smallest absolute Gasteiger partial charge is 0.131 e. The second-order valence-corrected chi connectivity index (χ2v) is 5.06. The van der Waals surface area contributed by atoms with Crippen molar-refractivity contribution >= 4 is 23.2 Å². The predicted molar refractivity (Wildman–Crippen MR) is 74.5 cm³/mol. The molecule has 0 radical (unpaired) electrons. The van der Waals surface area contributed by atoms with Gasteiger partial charge in [-0.2, -0.15) is 0 Å². The van der Waals surface area contributed by atoms with Gasteiger partial charge in [-0.1, -0.05) is 29.3 Å². The minimum Gasteiger partial charge on any atom is -0.324 e. The van der Waals surface area contributed by atoms with E-state index in [1.807, 2.05) is 6.92 Å². The first-order valence-electron chi connectivity index (χ1n) is 5.49. The van der Waals surface area contributed by atoms with Crippen LogP contribution in [0.25, 0.3) is 11.1 Å². The monoisotopic (exact) mass is 283 g/mol. The highest BCUT2D eigenvalue weighted by molar-refractivity contribution is 6.35. The third-order valence-corrected chi connectivity index (χ3v) is 3.13. The summed E-state index contributed by atoms with van der Waals surface area (Å²) in [6, 6.07) is 9.62. The molecule has 0 aromatic heterocycles. The standard InChI is InChI=1S/C14H12Cl2FN/c1-8(18)9-2-3-14(17)13(6-9)10-4-11(15)7-12(16)5-10/h2-8H,18H2,1H3. The molecule has 2 aromatic carbocycles. The molecular formula is C14H12Cl2FN. The van der Waals surface area contributed by atoms with E-state index in [1.165, 1.54) is 6.07 Å². The van der Waals surface area contributed by atoms with Crippen LogP contribution in [0.2, 0.25) is 10.0 Å². The van der Waals surface area contributed by atoms with Gasteiger partial charge in [0.1, 0.15) is 5.82 Å². The average Bonchev–Trinajstić information content (AvgIpc) is 2.27. The molecule has 0 aliphatic rings. The molecule has 0 heterocycles. The Morgan fingerprint density at radius 2 is 1.67 bits per heavy atom. The Labute approximate surface area is 115 Å². The third kappa shape index (κ3) is 2.83. The van der Waals surface area contributed by atoms with E-state index in [-0.39, 0.29) is 11.9 Å². The Morgan fingerprint density at radius 1 is 1.06 bits per heavy atom. The summed E-state index contributed by atoms with van der Waals surface area (Å²) in [6.45, 7) is 1.85. The third-order valence-electron chi connectivity index (χ3n) is 2.69. The summed E-state index contributed by atoms with van der Waals surface area (Å²) in [5.41, 5.74) is 7.76. The van der Waals surface area contributed by atoms with E-state index in [2.05, 4.69) is 0 Å². The van der Waals surface area contributed by atoms with E-state index in [9.17, 15) is 4.39 Å². The van der Waals surface area contributed by atoms with Crippen molar-refractivity contribution in [1.29, 1.82) is 0 Å². The van der Waals surface area contributed by atoms with Gasteiger partial charge in [0.05, 0.1) is 0 Å². The first-order valence-corrected chi connectivity index (χ1v) is 6.24. The zero-order chi connectivity index (χ0) is 13.3. The summed E-state index contributed by atoms with van der Waals surface area (Å²) in [4.78, 5) is 0. The van der Waals surface area contributed by atoms with Crippen LogP contribution >= 0.6 is 23.2 Å². The van der Waals surface area contributed by atoms with Crippen LogP contribution in [0.5, 0.6) is 0 Å². The van der Waals surface area contributed by atoms with Crippen molar-refractivity contribution in [3.05, 3.63) is 57.8 Å². The normalized spacial score (nSPS) is 12.5. The molecule has 0 saturated heterocycles. The molecule has 2 aromatic rings. The molecule has 0 aliphatic carbocycles. The minimum atomic E-state index is -0.322. The molecule has 0 saturated carbocycles. The maximum atomic E-state index is 13.9. The van der Waals surface area contributed by atoms with E-state index in [1.54, 1.807) is 30.3 Å². The summed E-state index contributed by atoms with van der Waals surface area (Å²) in [6.07, 6.45) is 0. The molecule has 0 amide bonds. The van der Waals surface area contributed by atoms with Crippen LogP contribution in [0.3, 0.4) is 0 Å². The van der Waals surface area contributed by atoms with Crippen LogP contribution < -0.4 is 5.73 Å². The summed E-state index contributed by atoms with van der Waals surface area (Å²) in [5.74, 6) is -0.322. The number of rotatable bonds is 2. The quantitative estimate of drug-likeness (QED) is 0.840. The van der Waals surface area contributed by atoms with Crippen molar-refractivity contribution in [2.24, 2.45) is 5.73 Å². The SMILES string of the molecule is CC(N)c1ccc(F)c(-c2cc(Cl)cc(Cl)c2)c1. The van der Waals surface area contributed by atoms with Crippen LogP contribution in [0.4, 0.5) is 4.39 Å². The highest BCUT2D eigenvalue weighted by Gasteiger charge is 2.10. The van der Waals surface area contributed by atoms with E-state index < -0.39 is 0 Å². The predicted octanol–water partition coefficient (Wildman–Crippen LogP) is 4.82. The Kier molecular flexibility index (Phi) is 3.91. The lowest BCUT2D eigenvalue weighted by Gasteiger charge is -2.10. The maximum absolute atomic E-state index is 13.9. The van der Waals surface area contributed by atoms with Crippen molar-refractivity contribution in [3.8, 4) is 11.1 Å². The molecule has 4 heteroatoms. The molecular weight excluding hydrogens is 272 g/mol.